The normalized spacial score (nSPS) is 9.26. The minimum absolute atomic E-state index is 0. The van der Waals surface area contributed by atoms with Crippen LogP contribution in [0.1, 0.15) is 0 Å². The van der Waals surface area contributed by atoms with E-state index >= 15 is 0 Å². The van der Waals surface area contributed by atoms with E-state index in [2.05, 4.69) is 19.9 Å². The van der Waals surface area contributed by atoms with Gasteiger partial charge in [0.25, 0.3) is 0 Å². The van der Waals surface area contributed by atoms with Crippen LogP contribution in [-0.4, -0.2) is 45.4 Å². The van der Waals surface area contributed by atoms with E-state index < -0.39 is 14.5 Å². The second-order valence-corrected chi connectivity index (χ2v) is 5.85. The molecule has 0 radical (unpaired) electrons. The SMILES string of the molecule is F[B-](F)(F)F.F[B-](F)(F)F.[OH-].[OH-].[Pd+2].[Pd+2].c1ccc(-c2ccccn2)nc1.c1ccc(-c2ccccn2)nc1. The fourth-order valence-electron chi connectivity index (χ4n) is 2.06. The van der Waals surface area contributed by atoms with Crippen LogP contribution >= 0.6 is 0 Å². The van der Waals surface area contributed by atoms with Gasteiger partial charge in [-0.15, -0.1) is 0 Å². The van der Waals surface area contributed by atoms with Crippen molar-refractivity contribution >= 4 is 14.5 Å². The monoisotopic (exact) mass is 732 g/mol. The third kappa shape index (κ3) is 25.1. The summed E-state index contributed by atoms with van der Waals surface area (Å²) in [6.07, 6.45) is 7.07. The molecule has 0 saturated carbocycles. The Hall–Kier alpha value is -2.59. The molecule has 18 heteroatoms. The van der Waals surface area contributed by atoms with Gasteiger partial charge in [-0.3, -0.25) is 19.9 Å². The average molecular weight is 733 g/mol. The molecule has 4 rings (SSSR count). The molecule has 0 aromatic carbocycles. The van der Waals surface area contributed by atoms with Gasteiger partial charge in [-0.25, -0.2) is 0 Å². The summed E-state index contributed by atoms with van der Waals surface area (Å²) in [6.45, 7) is 0. The summed E-state index contributed by atoms with van der Waals surface area (Å²) in [7, 11) is -12.0. The summed E-state index contributed by atoms with van der Waals surface area (Å²) >= 11 is 0. The van der Waals surface area contributed by atoms with E-state index in [4.69, 9.17) is 0 Å². The molecule has 212 valence electrons. The van der Waals surface area contributed by atoms with Crippen LogP contribution in [0.3, 0.4) is 0 Å². The molecular weight excluding hydrogens is 715 g/mol. The van der Waals surface area contributed by atoms with Gasteiger partial charge in [-0.05, 0) is 48.5 Å². The topological polar surface area (TPSA) is 112 Å². The third-order valence-electron chi connectivity index (χ3n) is 3.18. The van der Waals surface area contributed by atoms with Crippen LogP contribution in [0.5, 0.6) is 0 Å². The minimum Gasteiger partial charge on any atom is -0.870 e. The Morgan fingerprint density at radius 2 is 0.526 bits per heavy atom. The smallest absolute Gasteiger partial charge is 0.870 e. The van der Waals surface area contributed by atoms with E-state index in [1.54, 1.807) is 24.8 Å². The Kier molecular flexibility index (Phi) is 25.1. The Morgan fingerprint density at radius 3 is 0.632 bits per heavy atom. The van der Waals surface area contributed by atoms with Crippen molar-refractivity contribution < 1.29 is 86.3 Å². The summed E-state index contributed by atoms with van der Waals surface area (Å²) in [6, 6.07) is 23.2. The predicted molar refractivity (Wildman–Crippen MR) is 119 cm³/mol. The fourth-order valence-corrected chi connectivity index (χ4v) is 2.06. The van der Waals surface area contributed by atoms with Gasteiger partial charge in [0, 0.05) is 24.8 Å². The second kappa shape index (κ2) is 22.4. The fraction of sp³-hybridized carbons (Fsp3) is 0. The first-order valence-electron chi connectivity index (χ1n) is 9.33. The van der Waals surface area contributed by atoms with Gasteiger partial charge in [0.05, 0.1) is 22.8 Å². The molecule has 38 heavy (non-hydrogen) atoms. The number of aromatic nitrogens is 4. The number of pyridine rings is 4. The zero-order valence-electron chi connectivity index (χ0n) is 18.7. The standard InChI is InChI=1S/2C10H8N2.2BF4.2H2O.2Pd/c2*1-3-7-11-9(5-1)10-6-2-4-8-12-10;2*2-1(3,4)5;;;;/h2*1-8H;;;2*1H2;;/q;;2*-1;;;2*+2/p-2. The van der Waals surface area contributed by atoms with Crippen molar-refractivity contribution in [2.75, 3.05) is 0 Å². The van der Waals surface area contributed by atoms with Gasteiger partial charge < -0.3 is 45.5 Å². The van der Waals surface area contributed by atoms with Crippen molar-refractivity contribution in [2.45, 2.75) is 0 Å². The van der Waals surface area contributed by atoms with Crippen molar-refractivity contribution in [3.63, 3.8) is 0 Å². The van der Waals surface area contributed by atoms with E-state index in [0.717, 1.165) is 22.8 Å². The molecular formula is C20H18B2F8N4O2Pd2. The number of hydrogen-bond acceptors (Lipinski definition) is 6. The average Bonchev–Trinajstić information content (AvgIpc) is 2.80. The largest absolute Gasteiger partial charge is 2.00 e. The van der Waals surface area contributed by atoms with Crippen molar-refractivity contribution in [2.24, 2.45) is 0 Å². The molecule has 0 fully saturated rings. The van der Waals surface area contributed by atoms with E-state index in [-0.39, 0.29) is 51.8 Å². The van der Waals surface area contributed by atoms with Gasteiger partial charge in [0.1, 0.15) is 0 Å². The van der Waals surface area contributed by atoms with Gasteiger partial charge in [0.2, 0.25) is 0 Å². The molecule has 2 N–H and O–H groups in total. The van der Waals surface area contributed by atoms with Crippen LogP contribution in [-0.2, 0) is 40.8 Å². The molecule has 0 bridgehead atoms. The van der Waals surface area contributed by atoms with Crippen LogP contribution in [0.4, 0.5) is 34.5 Å². The molecule has 0 aliphatic rings. The molecule has 0 atom stereocenters. The van der Waals surface area contributed by atoms with Gasteiger partial charge in [-0.1, -0.05) is 24.3 Å². The zero-order valence-corrected chi connectivity index (χ0v) is 21.8. The Bertz CT molecular complexity index is 889. The molecule has 0 spiro atoms. The van der Waals surface area contributed by atoms with Crippen molar-refractivity contribution in [1.82, 2.24) is 19.9 Å². The maximum absolute atomic E-state index is 9.75. The number of nitrogens with zero attached hydrogens (tertiary/aromatic N) is 4. The van der Waals surface area contributed by atoms with Crippen molar-refractivity contribution in [3.8, 4) is 22.8 Å². The van der Waals surface area contributed by atoms with Crippen LogP contribution in [0, 0.1) is 0 Å². The minimum atomic E-state index is -6.00. The molecule has 4 aromatic heterocycles. The maximum Gasteiger partial charge on any atom is 2.00 e. The Balaban J connectivity index is -0.000000211. The molecule has 0 unspecified atom stereocenters. The van der Waals surface area contributed by atoms with Crippen LogP contribution in [0.15, 0.2) is 97.6 Å². The quantitative estimate of drug-likeness (QED) is 0.171. The van der Waals surface area contributed by atoms with E-state index in [1.165, 1.54) is 0 Å². The van der Waals surface area contributed by atoms with Gasteiger partial charge in [-0.2, -0.15) is 0 Å². The second-order valence-electron chi connectivity index (χ2n) is 5.85. The summed E-state index contributed by atoms with van der Waals surface area (Å²) < 4.78 is 78.0. The zero-order chi connectivity index (χ0) is 25.5. The first kappa shape index (κ1) is 42.5. The summed E-state index contributed by atoms with van der Waals surface area (Å²) in [4.78, 5) is 16.7. The van der Waals surface area contributed by atoms with E-state index in [9.17, 15) is 34.5 Å². The molecule has 0 saturated heterocycles. The molecule has 0 aliphatic heterocycles. The van der Waals surface area contributed by atoms with Crippen molar-refractivity contribution in [1.29, 1.82) is 0 Å². The molecule has 4 heterocycles. The predicted octanol–water partition coefficient (Wildman–Crippen LogP) is 6.53. The maximum atomic E-state index is 9.75. The first-order valence-corrected chi connectivity index (χ1v) is 9.33. The van der Waals surface area contributed by atoms with Crippen LogP contribution in [0.2, 0.25) is 0 Å². The third-order valence-corrected chi connectivity index (χ3v) is 3.18. The molecule has 0 amide bonds. The molecule has 4 aromatic rings. The summed E-state index contributed by atoms with van der Waals surface area (Å²) in [5.74, 6) is 0. The Morgan fingerprint density at radius 1 is 0.368 bits per heavy atom. The summed E-state index contributed by atoms with van der Waals surface area (Å²) in [5, 5.41) is 0. The van der Waals surface area contributed by atoms with Crippen LogP contribution < -0.4 is 0 Å². The number of hydrogen-bond donors (Lipinski definition) is 0. The van der Waals surface area contributed by atoms with Gasteiger partial charge >= 0.3 is 55.4 Å². The molecule has 0 aliphatic carbocycles. The Labute approximate surface area is 240 Å². The first-order chi connectivity index (χ1) is 15.9. The van der Waals surface area contributed by atoms with E-state index in [1.807, 2.05) is 72.8 Å². The molecule has 6 nitrogen and oxygen atoms in total. The summed E-state index contributed by atoms with van der Waals surface area (Å²) in [5.41, 5.74) is 3.66. The van der Waals surface area contributed by atoms with E-state index in [0.29, 0.717) is 0 Å². The number of halogens is 8. The van der Waals surface area contributed by atoms with Crippen LogP contribution in [0.25, 0.3) is 22.8 Å². The number of rotatable bonds is 2. The van der Waals surface area contributed by atoms with Crippen molar-refractivity contribution in [3.05, 3.63) is 97.6 Å². The van der Waals surface area contributed by atoms with Gasteiger partial charge in [0.15, 0.2) is 0 Å².